The van der Waals surface area contributed by atoms with Crippen LogP contribution in [0.3, 0.4) is 0 Å². The lowest BCUT2D eigenvalue weighted by atomic mass is 9.95. The fourth-order valence-electron chi connectivity index (χ4n) is 2.51. The average Bonchev–Trinajstić information content (AvgIpc) is 2.68. The highest BCUT2D eigenvalue weighted by Gasteiger charge is 2.28. The summed E-state index contributed by atoms with van der Waals surface area (Å²) in [7, 11) is 0. The second kappa shape index (κ2) is 5.68. The molecule has 2 heterocycles. The van der Waals surface area contributed by atoms with Crippen LogP contribution < -0.4 is 5.32 Å². The van der Waals surface area contributed by atoms with Crippen molar-refractivity contribution in [2.45, 2.75) is 45.3 Å². The third-order valence-electron chi connectivity index (χ3n) is 3.58. The summed E-state index contributed by atoms with van der Waals surface area (Å²) < 4.78 is 5.50. The van der Waals surface area contributed by atoms with Gasteiger partial charge in [-0.25, -0.2) is 0 Å². The van der Waals surface area contributed by atoms with Crippen LogP contribution in [0.2, 0.25) is 0 Å². The normalized spacial score (nSPS) is 20.9. The molecule has 1 aromatic rings. The second-order valence-corrected chi connectivity index (χ2v) is 6.59. The van der Waals surface area contributed by atoms with Crippen LogP contribution in [0.15, 0.2) is 10.5 Å². The van der Waals surface area contributed by atoms with Crippen LogP contribution in [0, 0.1) is 13.8 Å². The fraction of sp³-hybridized carbons (Fsp3) is 0.714. The minimum atomic E-state index is -0.855. The molecule has 0 bridgehead atoms. The summed E-state index contributed by atoms with van der Waals surface area (Å²) >= 11 is 2.02. The van der Waals surface area contributed by atoms with Crippen molar-refractivity contribution in [1.29, 1.82) is 0 Å². The molecule has 0 saturated carbocycles. The predicted octanol–water partition coefficient (Wildman–Crippen LogP) is 2.59. The zero-order chi connectivity index (χ0) is 13.2. The Morgan fingerprint density at radius 2 is 2.11 bits per heavy atom. The first-order valence-corrected chi connectivity index (χ1v) is 7.75. The van der Waals surface area contributed by atoms with Crippen LogP contribution in [0.4, 0.5) is 0 Å². The Balaban J connectivity index is 1.96. The third kappa shape index (κ3) is 3.31. The molecule has 1 unspecified atom stereocenters. The van der Waals surface area contributed by atoms with E-state index in [0.29, 0.717) is 12.6 Å². The van der Waals surface area contributed by atoms with Crippen molar-refractivity contribution in [1.82, 2.24) is 5.32 Å². The van der Waals surface area contributed by atoms with Gasteiger partial charge in [0.05, 0.1) is 0 Å². The molecule has 1 aliphatic rings. The Kier molecular flexibility index (Phi) is 4.41. The minimum absolute atomic E-state index is 0.547. The van der Waals surface area contributed by atoms with Crippen molar-refractivity contribution >= 4 is 11.8 Å². The number of aliphatic hydroxyl groups is 1. The summed E-state index contributed by atoms with van der Waals surface area (Å²) in [5.41, 5.74) is 0.0459. The molecule has 1 aromatic heterocycles. The molecule has 2 N–H and O–H groups in total. The first-order valence-electron chi connectivity index (χ1n) is 6.60. The maximum Gasteiger partial charge on any atom is 0.107 e. The molecule has 4 heteroatoms. The van der Waals surface area contributed by atoms with Crippen LogP contribution in [0.1, 0.15) is 36.8 Å². The monoisotopic (exact) mass is 269 g/mol. The van der Waals surface area contributed by atoms with Gasteiger partial charge in [-0.05, 0) is 51.2 Å². The standard InChI is InChI=1S/C14H23NO2S/c1-10-8-13(11(2)17-10)14(3,16)9-15-12-4-6-18-7-5-12/h8,12,15-16H,4-7,9H2,1-3H3. The minimum Gasteiger partial charge on any atom is -0.466 e. The van der Waals surface area contributed by atoms with E-state index in [2.05, 4.69) is 5.32 Å². The van der Waals surface area contributed by atoms with Gasteiger partial charge in [-0.15, -0.1) is 0 Å². The maximum absolute atomic E-state index is 10.6. The summed E-state index contributed by atoms with van der Waals surface area (Å²) in [6.07, 6.45) is 2.40. The Labute approximate surface area is 113 Å². The SMILES string of the molecule is Cc1cc(C(C)(O)CNC2CCSCC2)c(C)o1. The second-order valence-electron chi connectivity index (χ2n) is 5.37. The van der Waals surface area contributed by atoms with E-state index < -0.39 is 5.60 Å². The van der Waals surface area contributed by atoms with Crippen molar-refractivity contribution in [3.63, 3.8) is 0 Å². The van der Waals surface area contributed by atoms with Gasteiger partial charge in [-0.2, -0.15) is 11.8 Å². The third-order valence-corrected chi connectivity index (χ3v) is 4.63. The van der Waals surface area contributed by atoms with E-state index in [0.717, 1.165) is 17.1 Å². The van der Waals surface area contributed by atoms with Crippen LogP contribution in [-0.4, -0.2) is 29.2 Å². The van der Waals surface area contributed by atoms with Gasteiger partial charge in [-0.1, -0.05) is 0 Å². The summed E-state index contributed by atoms with van der Waals surface area (Å²) in [4.78, 5) is 0. The molecule has 18 heavy (non-hydrogen) atoms. The largest absolute Gasteiger partial charge is 0.466 e. The first kappa shape index (κ1) is 14.0. The topological polar surface area (TPSA) is 45.4 Å². The summed E-state index contributed by atoms with van der Waals surface area (Å²) in [5.74, 6) is 4.13. The van der Waals surface area contributed by atoms with E-state index in [4.69, 9.17) is 4.42 Å². The molecule has 1 atom stereocenters. The lowest BCUT2D eigenvalue weighted by Crippen LogP contribution is -2.42. The summed E-state index contributed by atoms with van der Waals surface area (Å²) in [6.45, 7) is 6.27. The van der Waals surface area contributed by atoms with E-state index in [1.807, 2.05) is 38.6 Å². The number of thioether (sulfide) groups is 1. The van der Waals surface area contributed by atoms with Gasteiger partial charge in [0.1, 0.15) is 17.1 Å². The van der Waals surface area contributed by atoms with Gasteiger partial charge >= 0.3 is 0 Å². The number of aryl methyl sites for hydroxylation is 2. The Morgan fingerprint density at radius 1 is 1.44 bits per heavy atom. The Morgan fingerprint density at radius 3 is 2.67 bits per heavy atom. The maximum atomic E-state index is 10.6. The number of furan rings is 1. The van der Waals surface area contributed by atoms with E-state index in [1.54, 1.807) is 0 Å². The molecule has 3 nitrogen and oxygen atoms in total. The van der Waals surface area contributed by atoms with Crippen molar-refractivity contribution < 1.29 is 9.52 Å². The molecule has 0 aliphatic carbocycles. The smallest absolute Gasteiger partial charge is 0.107 e. The number of rotatable bonds is 4. The average molecular weight is 269 g/mol. The fourth-order valence-corrected chi connectivity index (χ4v) is 3.61. The molecule has 0 spiro atoms. The van der Waals surface area contributed by atoms with E-state index in [1.165, 1.54) is 24.3 Å². The number of hydrogen-bond donors (Lipinski definition) is 2. The van der Waals surface area contributed by atoms with Gasteiger partial charge in [0.15, 0.2) is 0 Å². The highest BCUT2D eigenvalue weighted by molar-refractivity contribution is 7.99. The van der Waals surface area contributed by atoms with Gasteiger partial charge in [0, 0.05) is 18.2 Å². The number of nitrogens with one attached hydrogen (secondary N) is 1. The van der Waals surface area contributed by atoms with Gasteiger partial charge in [0.2, 0.25) is 0 Å². The quantitative estimate of drug-likeness (QED) is 0.882. The first-order chi connectivity index (χ1) is 8.49. The van der Waals surface area contributed by atoms with E-state index >= 15 is 0 Å². The molecule has 1 saturated heterocycles. The van der Waals surface area contributed by atoms with Gasteiger partial charge in [0.25, 0.3) is 0 Å². The lowest BCUT2D eigenvalue weighted by Gasteiger charge is -2.29. The Hall–Kier alpha value is -0.450. The van der Waals surface area contributed by atoms with Crippen molar-refractivity contribution in [2.24, 2.45) is 0 Å². The molecule has 102 valence electrons. The highest BCUT2D eigenvalue weighted by atomic mass is 32.2. The molecule has 0 radical (unpaired) electrons. The summed E-state index contributed by atoms with van der Waals surface area (Å²) in [5, 5.41) is 14.1. The molecule has 2 rings (SSSR count). The molecule has 0 amide bonds. The lowest BCUT2D eigenvalue weighted by molar-refractivity contribution is 0.0520. The Bertz CT molecular complexity index is 394. The molecule has 1 aliphatic heterocycles. The van der Waals surface area contributed by atoms with Crippen molar-refractivity contribution in [2.75, 3.05) is 18.1 Å². The molecule has 0 aromatic carbocycles. The highest BCUT2D eigenvalue weighted by Crippen LogP contribution is 2.27. The van der Waals surface area contributed by atoms with Gasteiger partial charge < -0.3 is 14.8 Å². The molecule has 1 fully saturated rings. The molecular weight excluding hydrogens is 246 g/mol. The van der Waals surface area contributed by atoms with Crippen LogP contribution in [0.5, 0.6) is 0 Å². The zero-order valence-electron chi connectivity index (χ0n) is 11.5. The van der Waals surface area contributed by atoms with Crippen molar-refractivity contribution in [3.8, 4) is 0 Å². The number of hydrogen-bond acceptors (Lipinski definition) is 4. The van der Waals surface area contributed by atoms with Crippen LogP contribution >= 0.6 is 11.8 Å². The van der Waals surface area contributed by atoms with Crippen LogP contribution in [-0.2, 0) is 5.60 Å². The predicted molar refractivity (Wildman–Crippen MR) is 76.1 cm³/mol. The van der Waals surface area contributed by atoms with E-state index in [-0.39, 0.29) is 0 Å². The molecular formula is C14H23NO2S. The van der Waals surface area contributed by atoms with Crippen LogP contribution in [0.25, 0.3) is 0 Å². The zero-order valence-corrected chi connectivity index (χ0v) is 12.3. The summed E-state index contributed by atoms with van der Waals surface area (Å²) in [6, 6.07) is 2.49. The van der Waals surface area contributed by atoms with E-state index in [9.17, 15) is 5.11 Å². The van der Waals surface area contributed by atoms with Crippen molar-refractivity contribution in [3.05, 3.63) is 23.2 Å². The van der Waals surface area contributed by atoms with Gasteiger partial charge in [-0.3, -0.25) is 0 Å².